The highest BCUT2D eigenvalue weighted by atomic mass is 16.7. The smallest absolute Gasteiger partial charge is 0.449 e. The van der Waals surface area contributed by atoms with Gasteiger partial charge in [-0.1, -0.05) is 64.7 Å². The summed E-state index contributed by atoms with van der Waals surface area (Å²) in [4.78, 5) is 27.6. The zero-order valence-corrected chi connectivity index (χ0v) is 28.2. The number of amides is 1. The first-order chi connectivity index (χ1) is 21.1. The summed E-state index contributed by atoms with van der Waals surface area (Å²) in [6.45, 7) is 15.3. The maximum atomic E-state index is 13.3. The number of allylic oxidation sites excluding steroid dienone is 2. The van der Waals surface area contributed by atoms with Crippen molar-refractivity contribution in [2.24, 2.45) is 35.0 Å². The minimum Gasteiger partial charge on any atom is -0.449 e. The summed E-state index contributed by atoms with van der Waals surface area (Å²) in [5.41, 5.74) is 4.47. The molecule has 2 heterocycles. The molecule has 6 aliphatic rings. The van der Waals surface area contributed by atoms with Crippen molar-refractivity contribution >= 4 is 12.2 Å². The van der Waals surface area contributed by atoms with E-state index in [-0.39, 0.29) is 41.3 Å². The van der Waals surface area contributed by atoms with Crippen molar-refractivity contribution in [2.45, 2.75) is 142 Å². The second-order valence-corrected chi connectivity index (χ2v) is 15.4. The lowest BCUT2D eigenvalue weighted by atomic mass is 9.56. The number of likely N-dealkylation sites (tertiary alicyclic amines) is 1. The molecule has 0 aromatic carbocycles. The summed E-state index contributed by atoms with van der Waals surface area (Å²) in [7, 11) is 0. The van der Waals surface area contributed by atoms with E-state index in [1.807, 2.05) is 4.90 Å². The van der Waals surface area contributed by atoms with E-state index in [9.17, 15) is 9.59 Å². The maximum absolute atomic E-state index is 13.3. The fraction of sp³-hybridized carbons (Fsp3) is 0.838. The Hall–Kier alpha value is -2.02. The van der Waals surface area contributed by atoms with Crippen LogP contribution in [0, 0.1) is 35.0 Å². The Kier molecular flexibility index (Phi) is 9.18. The van der Waals surface area contributed by atoms with E-state index >= 15 is 0 Å². The minimum atomic E-state index is -0.507. The van der Waals surface area contributed by atoms with Crippen molar-refractivity contribution in [3.05, 3.63) is 22.8 Å². The molecule has 1 amide bonds. The number of ether oxygens (including phenoxy) is 4. The molecule has 1 spiro atoms. The SMILES string of the molecule is CCCCOC(=O)O[C@H]1CC[C@@]2(C)C(=CC[C@H]3[C@@H]4CC[C@]5(O[C@@H]6C[C@H](C)CN(C(=O)OCCCC)[C@H]6[C@H]5C)C(C)=C4C[C@@H]32)C1. The molecule has 0 aromatic rings. The lowest BCUT2D eigenvalue weighted by Crippen LogP contribution is -2.54. The van der Waals surface area contributed by atoms with Gasteiger partial charge in [0.15, 0.2) is 0 Å². The topological polar surface area (TPSA) is 74.3 Å². The van der Waals surface area contributed by atoms with Gasteiger partial charge < -0.3 is 23.8 Å². The molecule has 2 aliphatic heterocycles. The minimum absolute atomic E-state index is 0.0676. The van der Waals surface area contributed by atoms with Crippen LogP contribution in [0.2, 0.25) is 0 Å². The Bertz CT molecular complexity index is 1160. The number of nitrogens with zero attached hydrogens (tertiary/aromatic N) is 1. The van der Waals surface area contributed by atoms with Crippen LogP contribution in [0.5, 0.6) is 0 Å². The molecule has 7 nitrogen and oxygen atoms in total. The monoisotopic (exact) mass is 611 g/mol. The second kappa shape index (κ2) is 12.6. The number of rotatable bonds is 7. The van der Waals surface area contributed by atoms with E-state index in [1.165, 1.54) is 17.6 Å². The predicted octanol–water partition coefficient (Wildman–Crippen LogP) is 8.61. The number of piperidine rings is 1. The van der Waals surface area contributed by atoms with Gasteiger partial charge in [-0.05, 0) is 99.4 Å². The van der Waals surface area contributed by atoms with Crippen molar-refractivity contribution in [1.82, 2.24) is 4.90 Å². The summed E-state index contributed by atoms with van der Waals surface area (Å²) in [5.74, 6) is 2.55. The number of fused-ring (bicyclic) bond motifs is 6. The number of hydrogen-bond donors (Lipinski definition) is 0. The highest BCUT2D eigenvalue weighted by Crippen LogP contribution is 2.65. The standard InChI is InChI=1S/C37H57NO6/c1-7-9-17-41-34(39)38-22-23(3)19-32-33(38)25(5)37(44-32)16-14-28-29-12-11-26-20-27(43-35(40)42-18-10-8-2)13-15-36(26,6)31(29)21-30(28)24(37)4/h11,23,25,27-29,31-33H,7-10,12-22H2,1-6H3/t23-,25+,27-,28-,29-,31-,32+,33-,36-,37-/m0/s1. The average Bonchev–Trinajstić information content (AvgIpc) is 3.52. The van der Waals surface area contributed by atoms with Gasteiger partial charge in [0.1, 0.15) is 6.10 Å². The van der Waals surface area contributed by atoms with Gasteiger partial charge >= 0.3 is 12.2 Å². The first kappa shape index (κ1) is 31.9. The van der Waals surface area contributed by atoms with Gasteiger partial charge in [0.2, 0.25) is 0 Å². The van der Waals surface area contributed by atoms with Crippen molar-refractivity contribution in [1.29, 1.82) is 0 Å². The molecule has 2 saturated carbocycles. The van der Waals surface area contributed by atoms with Crippen LogP contribution in [0.15, 0.2) is 22.8 Å². The van der Waals surface area contributed by atoms with Crippen molar-refractivity contribution in [3.63, 3.8) is 0 Å². The molecule has 2 saturated heterocycles. The Morgan fingerprint density at radius 2 is 1.80 bits per heavy atom. The lowest BCUT2D eigenvalue weighted by molar-refractivity contribution is -0.0637. The van der Waals surface area contributed by atoms with E-state index < -0.39 is 6.16 Å². The first-order valence-electron chi connectivity index (χ1n) is 18.0. The number of carbonyl (C=O) groups is 2. The van der Waals surface area contributed by atoms with Crippen molar-refractivity contribution < 1.29 is 28.5 Å². The molecule has 0 aromatic heterocycles. The third-order valence-corrected chi connectivity index (χ3v) is 12.9. The van der Waals surface area contributed by atoms with Gasteiger partial charge in [-0.15, -0.1) is 0 Å². The molecule has 0 bridgehead atoms. The highest BCUT2D eigenvalue weighted by molar-refractivity contribution is 5.68. The maximum Gasteiger partial charge on any atom is 0.508 e. The molecule has 0 N–H and O–H groups in total. The molecule has 10 atom stereocenters. The van der Waals surface area contributed by atoms with Gasteiger partial charge in [-0.3, -0.25) is 0 Å². The fourth-order valence-electron chi connectivity index (χ4n) is 10.5. The summed E-state index contributed by atoms with van der Waals surface area (Å²) in [6.07, 6.45) is 13.9. The number of unbranched alkanes of at least 4 members (excludes halogenated alkanes) is 2. The second-order valence-electron chi connectivity index (χ2n) is 15.4. The van der Waals surface area contributed by atoms with E-state index in [0.29, 0.717) is 36.9 Å². The van der Waals surface area contributed by atoms with Gasteiger partial charge in [0.05, 0.1) is 31.0 Å². The summed E-state index contributed by atoms with van der Waals surface area (Å²) in [6, 6.07) is 0.0748. The van der Waals surface area contributed by atoms with Crippen LogP contribution >= 0.6 is 0 Å². The first-order valence-corrected chi connectivity index (χ1v) is 18.0. The summed E-state index contributed by atoms with van der Waals surface area (Å²) in [5, 5.41) is 0. The quantitative estimate of drug-likeness (QED) is 0.163. The third-order valence-electron chi connectivity index (χ3n) is 12.9. The molecule has 4 aliphatic carbocycles. The molecule has 44 heavy (non-hydrogen) atoms. The number of carbonyl (C=O) groups excluding carboxylic acids is 2. The third kappa shape index (κ3) is 5.41. The predicted molar refractivity (Wildman–Crippen MR) is 170 cm³/mol. The van der Waals surface area contributed by atoms with E-state index in [4.69, 9.17) is 18.9 Å². The van der Waals surface area contributed by atoms with Crippen LogP contribution in [-0.4, -0.2) is 60.8 Å². The van der Waals surface area contributed by atoms with Crippen LogP contribution in [0.1, 0.15) is 119 Å². The van der Waals surface area contributed by atoms with Gasteiger partial charge in [0.25, 0.3) is 0 Å². The fourth-order valence-corrected chi connectivity index (χ4v) is 10.5. The largest absolute Gasteiger partial charge is 0.508 e. The Labute approximate surface area is 265 Å². The van der Waals surface area contributed by atoms with E-state index in [1.54, 1.807) is 5.57 Å². The Morgan fingerprint density at radius 1 is 1.05 bits per heavy atom. The Morgan fingerprint density at radius 3 is 2.55 bits per heavy atom. The lowest BCUT2D eigenvalue weighted by Gasteiger charge is -2.49. The van der Waals surface area contributed by atoms with E-state index in [0.717, 1.165) is 77.2 Å². The molecule has 0 unspecified atom stereocenters. The van der Waals surface area contributed by atoms with Gasteiger partial charge in [-0.2, -0.15) is 0 Å². The number of hydrogen-bond acceptors (Lipinski definition) is 6. The molecule has 0 radical (unpaired) electrons. The van der Waals surface area contributed by atoms with Gasteiger partial charge in [0, 0.05) is 18.9 Å². The van der Waals surface area contributed by atoms with Crippen molar-refractivity contribution in [2.75, 3.05) is 19.8 Å². The molecular formula is C37H57NO6. The molecule has 7 heteroatoms. The molecular weight excluding hydrogens is 554 g/mol. The van der Waals surface area contributed by atoms with Crippen LogP contribution in [-0.2, 0) is 18.9 Å². The van der Waals surface area contributed by atoms with Crippen LogP contribution in [0.3, 0.4) is 0 Å². The van der Waals surface area contributed by atoms with Crippen molar-refractivity contribution in [3.8, 4) is 0 Å². The van der Waals surface area contributed by atoms with E-state index in [2.05, 4.69) is 47.6 Å². The normalized spacial score (nSPS) is 41.0. The average molecular weight is 612 g/mol. The summed E-state index contributed by atoms with van der Waals surface area (Å²) >= 11 is 0. The van der Waals surface area contributed by atoms with Crippen LogP contribution < -0.4 is 0 Å². The molecule has 246 valence electrons. The summed E-state index contributed by atoms with van der Waals surface area (Å²) < 4.78 is 24.0. The highest BCUT2D eigenvalue weighted by Gasteiger charge is 2.62. The zero-order chi connectivity index (χ0) is 31.2. The Balaban J connectivity index is 1.18. The molecule has 6 rings (SSSR count). The molecule has 4 fully saturated rings. The zero-order valence-electron chi connectivity index (χ0n) is 28.2. The van der Waals surface area contributed by atoms with Crippen LogP contribution in [0.25, 0.3) is 0 Å². The van der Waals surface area contributed by atoms with Gasteiger partial charge in [-0.25, -0.2) is 9.59 Å². The van der Waals surface area contributed by atoms with Crippen LogP contribution in [0.4, 0.5) is 9.59 Å².